The summed E-state index contributed by atoms with van der Waals surface area (Å²) in [5.74, 6) is -6.84. The van der Waals surface area contributed by atoms with Crippen LogP contribution in [0.3, 0.4) is 0 Å². The molecule has 0 unspecified atom stereocenters. The minimum absolute atomic E-state index is 0.0484. The van der Waals surface area contributed by atoms with Crippen molar-refractivity contribution in [2.75, 3.05) is 13.1 Å². The number of likely N-dealkylation sites (tertiary alicyclic amines) is 1. The number of hydrogen-bond donors (Lipinski definition) is 1. The second-order valence-electron chi connectivity index (χ2n) is 5.15. The van der Waals surface area contributed by atoms with Crippen molar-refractivity contribution in [3.8, 4) is 0 Å². The van der Waals surface area contributed by atoms with Gasteiger partial charge >= 0.3 is 12.3 Å². The molecule has 2 amide bonds. The highest BCUT2D eigenvalue weighted by molar-refractivity contribution is 5.84. The molecule has 4 nitrogen and oxygen atoms in total. The molecule has 1 aliphatic rings. The van der Waals surface area contributed by atoms with E-state index in [4.69, 9.17) is 0 Å². The van der Waals surface area contributed by atoms with Gasteiger partial charge in [-0.2, -0.15) is 8.78 Å². The van der Waals surface area contributed by atoms with E-state index in [0.29, 0.717) is 13.1 Å². The Morgan fingerprint density at radius 3 is 2.10 bits per heavy atom. The Bertz CT molecular complexity index is 366. The van der Waals surface area contributed by atoms with E-state index >= 15 is 0 Å². The number of nitrogens with one attached hydrogen (secondary N) is 1. The molecule has 0 saturated carbocycles. The molecule has 1 saturated heterocycles. The summed E-state index contributed by atoms with van der Waals surface area (Å²) in [5, 5.41) is 1.92. The van der Waals surface area contributed by atoms with Gasteiger partial charge in [-0.25, -0.2) is 8.78 Å². The monoisotopic (exact) mass is 298 g/mol. The molecular formula is C12H18F4N2O2. The quantitative estimate of drug-likeness (QED) is 0.802. The fourth-order valence-electron chi connectivity index (χ4n) is 1.99. The molecule has 1 fully saturated rings. The summed E-state index contributed by atoms with van der Waals surface area (Å²) in [6.45, 7) is 4.14. The maximum absolute atomic E-state index is 12.8. The van der Waals surface area contributed by atoms with Gasteiger partial charge in [0.05, 0.1) is 0 Å². The van der Waals surface area contributed by atoms with Crippen molar-refractivity contribution in [2.45, 2.75) is 45.1 Å². The zero-order valence-corrected chi connectivity index (χ0v) is 11.3. The Morgan fingerprint density at radius 1 is 1.20 bits per heavy atom. The third-order valence-corrected chi connectivity index (χ3v) is 3.21. The van der Waals surface area contributed by atoms with Crippen molar-refractivity contribution in [1.82, 2.24) is 10.2 Å². The van der Waals surface area contributed by atoms with Gasteiger partial charge in [-0.1, -0.05) is 13.8 Å². The molecule has 116 valence electrons. The summed E-state index contributed by atoms with van der Waals surface area (Å²) in [5.41, 5.74) is 0. The Balaban J connectivity index is 2.47. The van der Waals surface area contributed by atoms with Crippen LogP contribution in [0.4, 0.5) is 17.6 Å². The highest BCUT2D eigenvalue weighted by atomic mass is 19.3. The summed E-state index contributed by atoms with van der Waals surface area (Å²) >= 11 is 0. The van der Waals surface area contributed by atoms with Crippen LogP contribution in [0.15, 0.2) is 0 Å². The first-order valence-electron chi connectivity index (χ1n) is 6.42. The van der Waals surface area contributed by atoms with Gasteiger partial charge in [0, 0.05) is 25.0 Å². The Labute approximate surface area is 114 Å². The molecule has 0 aromatic heterocycles. The van der Waals surface area contributed by atoms with Crippen molar-refractivity contribution in [3.63, 3.8) is 0 Å². The van der Waals surface area contributed by atoms with E-state index < -0.39 is 24.3 Å². The number of alkyl halides is 4. The van der Waals surface area contributed by atoms with Crippen LogP contribution in [0.5, 0.6) is 0 Å². The minimum Gasteiger partial charge on any atom is -0.348 e. The van der Waals surface area contributed by atoms with Gasteiger partial charge in [0.2, 0.25) is 5.91 Å². The number of amides is 2. The second kappa shape index (κ2) is 6.41. The standard InChI is InChI=1S/C12H18F4N2O2/c1-7(2)9(19)18-5-3-8(4-6-18)17-11(20)12(15,16)10(13)14/h7-8,10H,3-6H2,1-2H3,(H,17,20). The summed E-state index contributed by atoms with van der Waals surface area (Å²) in [7, 11) is 0. The van der Waals surface area contributed by atoms with E-state index in [2.05, 4.69) is 0 Å². The van der Waals surface area contributed by atoms with E-state index in [9.17, 15) is 27.2 Å². The molecular weight excluding hydrogens is 280 g/mol. The van der Waals surface area contributed by atoms with Gasteiger partial charge in [-0.05, 0) is 12.8 Å². The molecule has 0 spiro atoms. The molecule has 0 aromatic rings. The molecule has 0 aliphatic carbocycles. The van der Waals surface area contributed by atoms with Crippen LogP contribution in [0.2, 0.25) is 0 Å². The molecule has 0 aromatic carbocycles. The molecule has 1 N–H and O–H groups in total. The zero-order chi connectivity index (χ0) is 15.5. The maximum Gasteiger partial charge on any atom is 0.383 e. The predicted octanol–water partition coefficient (Wildman–Crippen LogP) is 1.65. The lowest BCUT2D eigenvalue weighted by Gasteiger charge is -2.33. The third kappa shape index (κ3) is 3.83. The van der Waals surface area contributed by atoms with E-state index in [1.165, 1.54) is 0 Å². The fourth-order valence-corrected chi connectivity index (χ4v) is 1.99. The number of carbonyl (C=O) groups is 2. The first-order chi connectivity index (χ1) is 9.16. The zero-order valence-electron chi connectivity index (χ0n) is 11.3. The molecule has 1 heterocycles. The van der Waals surface area contributed by atoms with Gasteiger partial charge in [0.1, 0.15) is 0 Å². The molecule has 0 bridgehead atoms. The lowest BCUT2D eigenvalue weighted by Crippen LogP contribution is -2.52. The van der Waals surface area contributed by atoms with E-state index in [1.807, 2.05) is 5.32 Å². The Kier molecular flexibility index (Phi) is 5.35. The topological polar surface area (TPSA) is 49.4 Å². The third-order valence-electron chi connectivity index (χ3n) is 3.21. The van der Waals surface area contributed by atoms with Crippen molar-refractivity contribution in [1.29, 1.82) is 0 Å². The van der Waals surface area contributed by atoms with Crippen LogP contribution in [-0.2, 0) is 9.59 Å². The number of carbonyl (C=O) groups excluding carboxylic acids is 2. The Morgan fingerprint density at radius 2 is 1.70 bits per heavy atom. The second-order valence-corrected chi connectivity index (χ2v) is 5.15. The van der Waals surface area contributed by atoms with Crippen LogP contribution in [0, 0.1) is 5.92 Å². The maximum atomic E-state index is 12.8. The summed E-state index contributed by atoms with van der Waals surface area (Å²) in [6, 6.07) is -0.608. The average molecular weight is 298 g/mol. The number of piperidine rings is 1. The van der Waals surface area contributed by atoms with Crippen molar-refractivity contribution in [2.24, 2.45) is 5.92 Å². The number of rotatable bonds is 4. The fraction of sp³-hybridized carbons (Fsp3) is 0.833. The summed E-state index contributed by atoms with van der Waals surface area (Å²) in [4.78, 5) is 24.4. The SMILES string of the molecule is CC(C)C(=O)N1CCC(NC(=O)C(F)(F)C(F)F)CC1. The first kappa shape index (κ1) is 16.7. The largest absolute Gasteiger partial charge is 0.383 e. The normalized spacial score (nSPS) is 17.7. The van der Waals surface area contributed by atoms with Crippen molar-refractivity contribution >= 4 is 11.8 Å². The van der Waals surface area contributed by atoms with Gasteiger partial charge < -0.3 is 10.2 Å². The molecule has 8 heteroatoms. The number of hydrogen-bond acceptors (Lipinski definition) is 2. The van der Waals surface area contributed by atoms with Gasteiger partial charge in [0.15, 0.2) is 0 Å². The minimum atomic E-state index is -4.68. The van der Waals surface area contributed by atoms with Crippen molar-refractivity contribution in [3.05, 3.63) is 0 Å². The molecule has 1 rings (SSSR count). The van der Waals surface area contributed by atoms with E-state index in [0.717, 1.165) is 0 Å². The number of nitrogens with zero attached hydrogens (tertiary/aromatic N) is 1. The van der Waals surface area contributed by atoms with Crippen molar-refractivity contribution < 1.29 is 27.2 Å². The summed E-state index contributed by atoms with van der Waals surface area (Å²) in [6.07, 6.45) is -3.46. The van der Waals surface area contributed by atoms with E-state index in [-0.39, 0.29) is 24.7 Å². The smallest absolute Gasteiger partial charge is 0.348 e. The van der Waals surface area contributed by atoms with Crippen LogP contribution in [-0.4, -0.2) is 48.2 Å². The highest BCUT2D eigenvalue weighted by Crippen LogP contribution is 2.24. The lowest BCUT2D eigenvalue weighted by molar-refractivity contribution is -0.170. The van der Waals surface area contributed by atoms with Crippen LogP contribution in [0.1, 0.15) is 26.7 Å². The molecule has 1 aliphatic heterocycles. The van der Waals surface area contributed by atoms with Gasteiger partial charge in [-0.3, -0.25) is 9.59 Å². The van der Waals surface area contributed by atoms with Crippen LogP contribution in [0.25, 0.3) is 0 Å². The predicted molar refractivity (Wildman–Crippen MR) is 63.5 cm³/mol. The van der Waals surface area contributed by atoms with Gasteiger partial charge in [0.25, 0.3) is 5.91 Å². The molecule has 0 radical (unpaired) electrons. The molecule has 0 atom stereocenters. The summed E-state index contributed by atoms with van der Waals surface area (Å²) < 4.78 is 49.6. The van der Waals surface area contributed by atoms with E-state index in [1.54, 1.807) is 18.7 Å². The van der Waals surface area contributed by atoms with Gasteiger partial charge in [-0.15, -0.1) is 0 Å². The highest BCUT2D eigenvalue weighted by Gasteiger charge is 2.49. The lowest BCUT2D eigenvalue weighted by atomic mass is 10.0. The number of halogens is 4. The first-order valence-corrected chi connectivity index (χ1v) is 6.42. The molecule has 20 heavy (non-hydrogen) atoms. The van der Waals surface area contributed by atoms with Crippen LogP contribution < -0.4 is 5.32 Å². The average Bonchev–Trinajstić information content (AvgIpc) is 2.38. The Hall–Kier alpha value is -1.34. The van der Waals surface area contributed by atoms with Crippen LogP contribution >= 0.6 is 0 Å².